The van der Waals surface area contributed by atoms with Crippen LogP contribution in [0, 0.1) is 6.92 Å². The standard InChI is InChI=1S/C18H21N3O2S/c1-13(2)21(12-15-7-5-4-6-8-15)24(22,23)16-9-10-17-18(11-16)20-14(3)19-17/h4-11,13H,12H2,1-3H3,(H,19,20). The molecule has 3 rings (SSSR count). The second kappa shape index (κ2) is 6.37. The summed E-state index contributed by atoms with van der Waals surface area (Å²) in [5.41, 5.74) is 2.47. The Balaban J connectivity index is 2.00. The molecule has 5 nitrogen and oxygen atoms in total. The highest BCUT2D eigenvalue weighted by Gasteiger charge is 2.27. The summed E-state index contributed by atoms with van der Waals surface area (Å²) in [6.07, 6.45) is 0. The van der Waals surface area contributed by atoms with E-state index in [1.54, 1.807) is 18.2 Å². The average Bonchev–Trinajstić information content (AvgIpc) is 2.92. The molecular weight excluding hydrogens is 322 g/mol. The fourth-order valence-electron chi connectivity index (χ4n) is 2.72. The number of nitrogens with one attached hydrogen (secondary N) is 1. The molecule has 0 atom stereocenters. The van der Waals surface area contributed by atoms with Crippen molar-refractivity contribution in [1.29, 1.82) is 0 Å². The number of nitrogens with zero attached hydrogens (tertiary/aromatic N) is 2. The third-order valence-corrected chi connectivity index (χ3v) is 5.95. The number of hydrogen-bond acceptors (Lipinski definition) is 3. The Labute approximate surface area is 142 Å². The number of rotatable bonds is 5. The Morgan fingerprint density at radius 2 is 1.83 bits per heavy atom. The lowest BCUT2D eigenvalue weighted by Gasteiger charge is -2.26. The van der Waals surface area contributed by atoms with Crippen molar-refractivity contribution < 1.29 is 8.42 Å². The van der Waals surface area contributed by atoms with Gasteiger partial charge < -0.3 is 4.98 Å². The lowest BCUT2D eigenvalue weighted by Crippen LogP contribution is -2.36. The minimum atomic E-state index is -3.60. The van der Waals surface area contributed by atoms with Crippen LogP contribution >= 0.6 is 0 Å². The summed E-state index contributed by atoms with van der Waals surface area (Å²) in [4.78, 5) is 7.70. The first-order chi connectivity index (χ1) is 11.4. The van der Waals surface area contributed by atoms with Crippen molar-refractivity contribution in [2.45, 2.75) is 38.3 Å². The van der Waals surface area contributed by atoms with E-state index < -0.39 is 10.0 Å². The zero-order chi connectivity index (χ0) is 17.3. The first kappa shape index (κ1) is 16.7. The number of aromatic nitrogens is 2. The largest absolute Gasteiger partial charge is 0.342 e. The van der Waals surface area contributed by atoms with Crippen molar-refractivity contribution in [3.63, 3.8) is 0 Å². The van der Waals surface area contributed by atoms with E-state index in [1.807, 2.05) is 51.1 Å². The van der Waals surface area contributed by atoms with Crippen molar-refractivity contribution in [1.82, 2.24) is 14.3 Å². The number of sulfonamides is 1. The Hall–Kier alpha value is -2.18. The molecule has 2 aromatic carbocycles. The molecule has 1 N–H and O–H groups in total. The van der Waals surface area contributed by atoms with E-state index in [2.05, 4.69) is 9.97 Å². The normalized spacial score (nSPS) is 12.4. The Morgan fingerprint density at radius 1 is 1.12 bits per heavy atom. The molecule has 0 spiro atoms. The van der Waals surface area contributed by atoms with Gasteiger partial charge in [-0.15, -0.1) is 0 Å². The van der Waals surface area contributed by atoms with E-state index in [9.17, 15) is 8.42 Å². The van der Waals surface area contributed by atoms with Crippen molar-refractivity contribution in [3.8, 4) is 0 Å². The van der Waals surface area contributed by atoms with Gasteiger partial charge in [0, 0.05) is 12.6 Å². The van der Waals surface area contributed by atoms with E-state index >= 15 is 0 Å². The predicted molar refractivity (Wildman–Crippen MR) is 95.1 cm³/mol. The van der Waals surface area contributed by atoms with Gasteiger partial charge in [-0.25, -0.2) is 13.4 Å². The van der Waals surface area contributed by atoms with Crippen LogP contribution in [0.4, 0.5) is 0 Å². The third kappa shape index (κ3) is 3.20. The highest BCUT2D eigenvalue weighted by Crippen LogP contribution is 2.24. The molecule has 0 aliphatic heterocycles. The van der Waals surface area contributed by atoms with Gasteiger partial charge in [-0.3, -0.25) is 0 Å². The van der Waals surface area contributed by atoms with Crippen LogP contribution in [0.2, 0.25) is 0 Å². The van der Waals surface area contributed by atoms with Crippen LogP contribution in [0.15, 0.2) is 53.4 Å². The van der Waals surface area contributed by atoms with Gasteiger partial charge in [-0.05, 0) is 44.5 Å². The summed E-state index contributed by atoms with van der Waals surface area (Å²) >= 11 is 0. The molecule has 0 fully saturated rings. The minimum Gasteiger partial charge on any atom is -0.342 e. The number of imidazole rings is 1. The van der Waals surface area contributed by atoms with Gasteiger partial charge in [-0.1, -0.05) is 30.3 Å². The smallest absolute Gasteiger partial charge is 0.243 e. The Bertz CT molecular complexity index is 947. The Morgan fingerprint density at radius 3 is 2.50 bits per heavy atom. The van der Waals surface area contributed by atoms with Gasteiger partial charge >= 0.3 is 0 Å². The third-order valence-electron chi connectivity index (χ3n) is 3.94. The van der Waals surface area contributed by atoms with Crippen LogP contribution in [0.25, 0.3) is 11.0 Å². The highest BCUT2D eigenvalue weighted by atomic mass is 32.2. The molecular formula is C18H21N3O2S. The molecule has 0 unspecified atom stereocenters. The fraction of sp³-hybridized carbons (Fsp3) is 0.278. The average molecular weight is 343 g/mol. The van der Waals surface area contributed by atoms with Crippen molar-refractivity contribution in [2.75, 3.05) is 0 Å². The van der Waals surface area contributed by atoms with Crippen LogP contribution in [0.3, 0.4) is 0 Å². The van der Waals surface area contributed by atoms with E-state index in [4.69, 9.17) is 0 Å². The quantitative estimate of drug-likeness (QED) is 0.771. The lowest BCUT2D eigenvalue weighted by atomic mass is 10.2. The molecule has 0 aliphatic rings. The van der Waals surface area contributed by atoms with E-state index in [-0.39, 0.29) is 10.9 Å². The number of aryl methyl sites for hydroxylation is 1. The molecule has 0 aliphatic carbocycles. The highest BCUT2D eigenvalue weighted by molar-refractivity contribution is 7.89. The summed E-state index contributed by atoms with van der Waals surface area (Å²) in [7, 11) is -3.60. The van der Waals surface area contributed by atoms with Crippen LogP contribution in [-0.2, 0) is 16.6 Å². The molecule has 1 aromatic heterocycles. The lowest BCUT2D eigenvalue weighted by molar-refractivity contribution is 0.348. The first-order valence-corrected chi connectivity index (χ1v) is 9.34. The number of benzene rings is 2. The molecule has 3 aromatic rings. The van der Waals surface area contributed by atoms with Gasteiger partial charge in [0.15, 0.2) is 0 Å². The predicted octanol–water partition coefficient (Wildman–Crippen LogP) is 3.47. The first-order valence-electron chi connectivity index (χ1n) is 7.90. The molecule has 0 saturated carbocycles. The van der Waals surface area contributed by atoms with Gasteiger partial charge in [0.25, 0.3) is 0 Å². The number of hydrogen-bond donors (Lipinski definition) is 1. The van der Waals surface area contributed by atoms with Gasteiger partial charge in [0.1, 0.15) is 5.82 Å². The zero-order valence-electron chi connectivity index (χ0n) is 14.0. The molecule has 0 amide bonds. The van der Waals surface area contributed by atoms with Crippen LogP contribution < -0.4 is 0 Å². The SMILES string of the molecule is Cc1nc2ccc(S(=O)(=O)N(Cc3ccccc3)C(C)C)cc2[nH]1. The molecule has 6 heteroatoms. The van der Waals surface area contributed by atoms with Crippen LogP contribution in [0.5, 0.6) is 0 Å². The molecule has 0 bridgehead atoms. The summed E-state index contributed by atoms with van der Waals surface area (Å²) in [5.74, 6) is 0.768. The van der Waals surface area contributed by atoms with E-state index in [1.165, 1.54) is 4.31 Å². The second-order valence-electron chi connectivity index (χ2n) is 6.13. The minimum absolute atomic E-state index is 0.144. The summed E-state index contributed by atoms with van der Waals surface area (Å²) in [5, 5.41) is 0. The molecule has 0 saturated heterocycles. The molecule has 24 heavy (non-hydrogen) atoms. The second-order valence-corrected chi connectivity index (χ2v) is 8.02. The monoisotopic (exact) mass is 343 g/mol. The summed E-state index contributed by atoms with van der Waals surface area (Å²) in [6, 6.07) is 14.5. The van der Waals surface area contributed by atoms with Crippen LogP contribution in [0.1, 0.15) is 25.2 Å². The molecule has 126 valence electrons. The van der Waals surface area contributed by atoms with Gasteiger partial charge in [0.2, 0.25) is 10.0 Å². The zero-order valence-corrected chi connectivity index (χ0v) is 14.8. The summed E-state index contributed by atoms with van der Waals surface area (Å²) < 4.78 is 27.8. The van der Waals surface area contributed by atoms with Crippen LogP contribution in [-0.4, -0.2) is 28.7 Å². The number of fused-ring (bicyclic) bond motifs is 1. The summed E-state index contributed by atoms with van der Waals surface area (Å²) in [6.45, 7) is 5.98. The number of aromatic amines is 1. The van der Waals surface area contributed by atoms with Crippen molar-refractivity contribution >= 4 is 21.1 Å². The number of H-pyrrole nitrogens is 1. The van der Waals surface area contributed by atoms with E-state index in [0.717, 1.165) is 22.4 Å². The fourth-order valence-corrected chi connectivity index (χ4v) is 4.37. The van der Waals surface area contributed by atoms with Gasteiger partial charge in [0.05, 0.1) is 15.9 Å². The maximum atomic E-state index is 13.1. The Kier molecular flexibility index (Phi) is 4.43. The maximum absolute atomic E-state index is 13.1. The van der Waals surface area contributed by atoms with E-state index in [0.29, 0.717) is 6.54 Å². The van der Waals surface area contributed by atoms with Crippen molar-refractivity contribution in [2.24, 2.45) is 0 Å². The molecule has 1 heterocycles. The topological polar surface area (TPSA) is 66.1 Å². The van der Waals surface area contributed by atoms with Crippen molar-refractivity contribution in [3.05, 3.63) is 59.9 Å². The van der Waals surface area contributed by atoms with Gasteiger partial charge in [-0.2, -0.15) is 4.31 Å². The molecule has 0 radical (unpaired) electrons. The maximum Gasteiger partial charge on any atom is 0.243 e.